The third-order valence-electron chi connectivity index (χ3n) is 6.16. The molecule has 0 atom stereocenters. The number of likely N-dealkylation sites (tertiary alicyclic amines) is 1. The molecule has 29 heavy (non-hydrogen) atoms. The Kier molecular flexibility index (Phi) is 9.03. The van der Waals surface area contributed by atoms with E-state index in [1.165, 1.54) is 48.2 Å². The molecule has 1 aliphatic carbocycles. The number of hydrogen-bond acceptors (Lipinski definition) is 3. The van der Waals surface area contributed by atoms with Crippen LogP contribution in [0.2, 0.25) is 0 Å². The van der Waals surface area contributed by atoms with Crippen LogP contribution < -0.4 is 11.1 Å². The van der Waals surface area contributed by atoms with Gasteiger partial charge >= 0.3 is 0 Å². The summed E-state index contributed by atoms with van der Waals surface area (Å²) in [5.41, 5.74) is 12.9. The summed E-state index contributed by atoms with van der Waals surface area (Å²) < 4.78 is 0. The zero-order valence-corrected chi connectivity index (χ0v) is 19.1. The molecule has 3 aliphatic rings. The van der Waals surface area contributed by atoms with Crippen LogP contribution in [0.3, 0.4) is 0 Å². The van der Waals surface area contributed by atoms with E-state index in [0.29, 0.717) is 12.0 Å². The smallest absolute Gasteiger partial charge is 0.0335 e. The largest absolute Gasteiger partial charge is 0.384 e. The maximum Gasteiger partial charge on any atom is 0.0335 e. The summed E-state index contributed by atoms with van der Waals surface area (Å²) in [4.78, 5) is 2.43. The maximum absolute atomic E-state index is 5.63. The molecule has 160 valence electrons. The van der Waals surface area contributed by atoms with Gasteiger partial charge in [-0.15, -0.1) is 0 Å². The van der Waals surface area contributed by atoms with Gasteiger partial charge in [-0.1, -0.05) is 68.0 Å². The highest BCUT2D eigenvalue weighted by Crippen LogP contribution is 2.47. The lowest BCUT2D eigenvalue weighted by Crippen LogP contribution is -2.41. The van der Waals surface area contributed by atoms with Gasteiger partial charge in [-0.05, 0) is 58.1 Å². The molecule has 0 bridgehead atoms. The van der Waals surface area contributed by atoms with Gasteiger partial charge in [-0.2, -0.15) is 0 Å². The van der Waals surface area contributed by atoms with Crippen LogP contribution in [0.15, 0.2) is 60.0 Å². The SMILES string of the molecule is C=C(CCN)N1CCC2(CC1)CNC1=CCCC=C12.CC.Cc1ccc(C)cc1. The number of allylic oxidation sites excluding steroid dienone is 3. The van der Waals surface area contributed by atoms with Gasteiger partial charge in [0.15, 0.2) is 0 Å². The molecule has 1 aromatic carbocycles. The van der Waals surface area contributed by atoms with Gasteiger partial charge in [0.2, 0.25) is 0 Å². The number of fused-ring (bicyclic) bond motifs is 2. The summed E-state index contributed by atoms with van der Waals surface area (Å²) >= 11 is 0. The van der Waals surface area contributed by atoms with Crippen LogP contribution in [-0.4, -0.2) is 31.1 Å². The lowest BCUT2D eigenvalue weighted by Gasteiger charge is -2.41. The van der Waals surface area contributed by atoms with Crippen molar-refractivity contribution in [2.45, 2.75) is 59.8 Å². The van der Waals surface area contributed by atoms with Gasteiger partial charge in [0.1, 0.15) is 0 Å². The van der Waals surface area contributed by atoms with Crippen molar-refractivity contribution in [2.24, 2.45) is 11.1 Å². The number of nitrogens with one attached hydrogen (secondary N) is 1. The van der Waals surface area contributed by atoms with Crippen molar-refractivity contribution < 1.29 is 0 Å². The van der Waals surface area contributed by atoms with Crippen molar-refractivity contribution in [3.05, 3.63) is 71.1 Å². The van der Waals surface area contributed by atoms with E-state index in [9.17, 15) is 0 Å². The molecule has 2 heterocycles. The Bertz CT molecular complexity index is 683. The first-order valence-corrected chi connectivity index (χ1v) is 11.4. The zero-order chi connectivity index (χ0) is 21.3. The quantitative estimate of drug-likeness (QED) is 0.713. The van der Waals surface area contributed by atoms with Crippen LogP contribution in [-0.2, 0) is 0 Å². The Labute approximate surface area is 178 Å². The molecular weight excluding hydrogens is 354 g/mol. The molecule has 0 amide bonds. The van der Waals surface area contributed by atoms with Crippen LogP contribution in [0.1, 0.15) is 57.1 Å². The molecule has 3 N–H and O–H groups in total. The fourth-order valence-corrected chi connectivity index (χ4v) is 4.36. The number of hydrogen-bond donors (Lipinski definition) is 2. The van der Waals surface area contributed by atoms with E-state index < -0.39 is 0 Å². The predicted molar refractivity (Wildman–Crippen MR) is 127 cm³/mol. The summed E-state index contributed by atoms with van der Waals surface area (Å²) in [7, 11) is 0. The molecule has 2 fully saturated rings. The van der Waals surface area contributed by atoms with Crippen molar-refractivity contribution in [3.63, 3.8) is 0 Å². The van der Waals surface area contributed by atoms with Crippen molar-refractivity contribution in [1.29, 1.82) is 0 Å². The van der Waals surface area contributed by atoms with E-state index >= 15 is 0 Å². The van der Waals surface area contributed by atoms with Gasteiger partial charge < -0.3 is 16.0 Å². The standard InChI is InChI=1S/C16H25N3.C8H10.C2H6/c1-13(6-9-17)19-10-7-16(8-11-19)12-18-15-5-3-2-4-14(15)16;1-7-3-5-8(2)6-4-7;1-2/h4-5,18H,1-3,6-12,17H2;3-6H,1-2H3;1-2H3. The van der Waals surface area contributed by atoms with E-state index in [4.69, 9.17) is 5.73 Å². The van der Waals surface area contributed by atoms with Gasteiger partial charge in [-0.25, -0.2) is 0 Å². The Morgan fingerprint density at radius 2 is 1.59 bits per heavy atom. The maximum atomic E-state index is 5.63. The molecule has 4 rings (SSSR count). The highest BCUT2D eigenvalue weighted by atomic mass is 15.1. The molecule has 0 aromatic heterocycles. The zero-order valence-electron chi connectivity index (χ0n) is 19.1. The molecule has 2 aliphatic heterocycles. The average molecular weight is 396 g/mol. The van der Waals surface area contributed by atoms with Gasteiger partial charge in [0, 0.05) is 36.4 Å². The van der Waals surface area contributed by atoms with Crippen molar-refractivity contribution in [3.8, 4) is 0 Å². The lowest BCUT2D eigenvalue weighted by atomic mass is 9.72. The Morgan fingerprint density at radius 1 is 1.03 bits per heavy atom. The molecule has 1 spiro atoms. The molecule has 3 heteroatoms. The highest BCUT2D eigenvalue weighted by Gasteiger charge is 2.43. The number of benzene rings is 1. The minimum Gasteiger partial charge on any atom is -0.384 e. The van der Waals surface area contributed by atoms with E-state index in [1.54, 1.807) is 5.57 Å². The minimum absolute atomic E-state index is 0.395. The van der Waals surface area contributed by atoms with Crippen LogP contribution >= 0.6 is 0 Å². The third-order valence-corrected chi connectivity index (χ3v) is 6.16. The lowest BCUT2D eigenvalue weighted by molar-refractivity contribution is 0.172. The van der Waals surface area contributed by atoms with Crippen LogP contribution in [0.5, 0.6) is 0 Å². The fraction of sp³-hybridized carbons (Fsp3) is 0.538. The van der Waals surface area contributed by atoms with Crippen LogP contribution in [0.25, 0.3) is 0 Å². The normalized spacial score (nSPS) is 18.9. The van der Waals surface area contributed by atoms with Crippen molar-refractivity contribution in [1.82, 2.24) is 10.2 Å². The monoisotopic (exact) mass is 395 g/mol. The Hall–Kier alpha value is -2.00. The molecular formula is C26H41N3. The second kappa shape index (κ2) is 11.3. The molecule has 3 nitrogen and oxygen atoms in total. The van der Waals surface area contributed by atoms with Gasteiger partial charge in [0.25, 0.3) is 0 Å². The molecule has 0 saturated carbocycles. The molecule has 0 unspecified atom stereocenters. The molecule has 1 aromatic rings. The first-order valence-electron chi connectivity index (χ1n) is 11.4. The van der Waals surface area contributed by atoms with Crippen molar-refractivity contribution >= 4 is 0 Å². The minimum atomic E-state index is 0.395. The predicted octanol–water partition coefficient (Wildman–Crippen LogP) is 5.47. The average Bonchev–Trinajstić information content (AvgIpc) is 3.11. The van der Waals surface area contributed by atoms with E-state index in [-0.39, 0.29) is 0 Å². The number of nitrogens with zero attached hydrogens (tertiary/aromatic N) is 1. The number of nitrogens with two attached hydrogens (primary N) is 1. The summed E-state index contributed by atoms with van der Waals surface area (Å²) in [6.07, 6.45) is 10.7. The highest BCUT2D eigenvalue weighted by molar-refractivity contribution is 5.43. The number of piperidine rings is 1. The summed E-state index contributed by atoms with van der Waals surface area (Å²) in [6, 6.07) is 8.48. The molecule has 2 saturated heterocycles. The second-order valence-corrected chi connectivity index (χ2v) is 8.19. The Morgan fingerprint density at radius 3 is 2.14 bits per heavy atom. The summed E-state index contributed by atoms with van der Waals surface area (Å²) in [5, 5.41) is 3.62. The first-order chi connectivity index (χ1) is 14.0. The summed E-state index contributed by atoms with van der Waals surface area (Å²) in [5.74, 6) is 0. The topological polar surface area (TPSA) is 41.3 Å². The Balaban J connectivity index is 0.000000252. The van der Waals surface area contributed by atoms with Gasteiger partial charge in [0.05, 0.1) is 0 Å². The van der Waals surface area contributed by atoms with Crippen molar-refractivity contribution in [2.75, 3.05) is 26.2 Å². The fourth-order valence-electron chi connectivity index (χ4n) is 4.36. The summed E-state index contributed by atoms with van der Waals surface area (Å²) in [6.45, 7) is 16.5. The van der Waals surface area contributed by atoms with E-state index in [0.717, 1.165) is 26.1 Å². The van der Waals surface area contributed by atoms with Crippen LogP contribution in [0, 0.1) is 19.3 Å². The third kappa shape index (κ3) is 5.99. The van der Waals surface area contributed by atoms with Gasteiger partial charge in [-0.3, -0.25) is 0 Å². The van der Waals surface area contributed by atoms with E-state index in [2.05, 4.69) is 67.1 Å². The van der Waals surface area contributed by atoms with E-state index in [1.807, 2.05) is 13.8 Å². The van der Waals surface area contributed by atoms with Crippen LogP contribution in [0.4, 0.5) is 0 Å². The number of aryl methyl sites for hydroxylation is 2. The number of rotatable bonds is 3. The second-order valence-electron chi connectivity index (χ2n) is 8.19. The molecule has 0 radical (unpaired) electrons. The first kappa shape index (κ1) is 23.3.